The predicted octanol–water partition coefficient (Wildman–Crippen LogP) is 0.344. The van der Waals surface area contributed by atoms with Crippen LogP contribution in [0, 0.1) is 0 Å². The highest BCUT2D eigenvalue weighted by atomic mass is 127. The van der Waals surface area contributed by atoms with Crippen LogP contribution in [0.15, 0.2) is 65.8 Å². The van der Waals surface area contributed by atoms with Gasteiger partial charge in [0, 0.05) is 12.0 Å². The Hall–Kier alpha value is -1.20. The van der Waals surface area contributed by atoms with Gasteiger partial charge in [0.25, 0.3) is 0 Å². The van der Waals surface area contributed by atoms with Crippen molar-refractivity contribution in [2.45, 2.75) is 6.42 Å². The van der Waals surface area contributed by atoms with E-state index in [1.807, 2.05) is 12.1 Å². The third-order valence-corrected chi connectivity index (χ3v) is 2.74. The average molecular weight is 380 g/mol. The molecule has 0 N–H and O–H groups in total. The minimum atomic E-state index is 0. The van der Waals surface area contributed by atoms with E-state index in [2.05, 4.69) is 69.7 Å². The van der Waals surface area contributed by atoms with E-state index in [1.165, 1.54) is 11.1 Å². The van der Waals surface area contributed by atoms with Crippen molar-refractivity contribution in [3.05, 3.63) is 71.8 Å². The van der Waals surface area contributed by atoms with Gasteiger partial charge in [0.1, 0.15) is 5.71 Å². The number of hydrogen-bond donors (Lipinski definition) is 0. The summed E-state index contributed by atoms with van der Waals surface area (Å²) >= 11 is 0. The smallest absolute Gasteiger partial charge is 0.107 e. The van der Waals surface area contributed by atoms with Crippen molar-refractivity contribution >= 4 is 5.71 Å². The molecule has 0 heterocycles. The Morgan fingerprint density at radius 3 is 1.85 bits per heavy atom. The zero-order valence-corrected chi connectivity index (χ0v) is 14.4. The first-order valence-corrected chi connectivity index (χ1v) is 6.54. The van der Waals surface area contributed by atoms with Gasteiger partial charge >= 0.3 is 0 Å². The second kappa shape index (κ2) is 7.55. The monoisotopic (exact) mass is 380 g/mol. The topological polar surface area (TPSA) is 12.4 Å². The molecule has 2 nitrogen and oxygen atoms in total. The predicted molar refractivity (Wildman–Crippen MR) is 81.2 cm³/mol. The van der Waals surface area contributed by atoms with E-state index in [0.29, 0.717) is 4.59 Å². The third kappa shape index (κ3) is 5.43. The molecule has 0 amide bonds. The first kappa shape index (κ1) is 16.9. The molecule has 0 bridgehead atoms. The van der Waals surface area contributed by atoms with E-state index in [9.17, 15) is 0 Å². The molecule has 2 aromatic rings. The molecule has 20 heavy (non-hydrogen) atoms. The quantitative estimate of drug-likeness (QED) is 0.314. The summed E-state index contributed by atoms with van der Waals surface area (Å²) in [5.74, 6) is 0. The molecule has 0 spiro atoms. The van der Waals surface area contributed by atoms with Crippen LogP contribution in [-0.4, -0.2) is 31.4 Å². The molecule has 0 radical (unpaired) electrons. The van der Waals surface area contributed by atoms with Gasteiger partial charge in [-0.25, -0.2) is 4.59 Å². The Balaban J connectivity index is 0.00000200. The normalized spacial score (nSPS) is 11.8. The maximum atomic E-state index is 4.83. The summed E-state index contributed by atoms with van der Waals surface area (Å²) in [5.41, 5.74) is 3.61. The van der Waals surface area contributed by atoms with Crippen LogP contribution in [0.1, 0.15) is 11.1 Å². The van der Waals surface area contributed by atoms with Gasteiger partial charge in [-0.1, -0.05) is 65.8 Å². The van der Waals surface area contributed by atoms with E-state index in [0.717, 1.165) is 12.1 Å². The summed E-state index contributed by atoms with van der Waals surface area (Å²) in [4.78, 5) is 0. The standard InChI is InChI=1S/C17H21N2.HI/c1-19(2,3)18-17(16-12-8-5-9-13-16)14-15-10-6-4-7-11-15;/h4-13H,14H2,1-3H3;1H/q+1;/p-1. The Morgan fingerprint density at radius 2 is 1.35 bits per heavy atom. The van der Waals surface area contributed by atoms with Crippen LogP contribution in [0.25, 0.3) is 0 Å². The van der Waals surface area contributed by atoms with Crippen LogP contribution < -0.4 is 24.0 Å². The molecule has 0 aliphatic carbocycles. The lowest BCUT2D eigenvalue weighted by atomic mass is 10.0. The van der Waals surface area contributed by atoms with E-state index in [1.54, 1.807) is 0 Å². The van der Waals surface area contributed by atoms with E-state index < -0.39 is 0 Å². The SMILES string of the molecule is C[N+](C)(C)N=C(Cc1ccccc1)c1ccccc1.[I-]. The third-order valence-electron chi connectivity index (χ3n) is 2.74. The van der Waals surface area contributed by atoms with Gasteiger partial charge in [-0.05, 0) is 5.56 Å². The fourth-order valence-corrected chi connectivity index (χ4v) is 1.98. The summed E-state index contributed by atoms with van der Waals surface area (Å²) in [5, 5.41) is 4.83. The van der Waals surface area contributed by atoms with Crippen molar-refractivity contribution in [3.8, 4) is 0 Å². The maximum Gasteiger partial charge on any atom is 0.107 e. The van der Waals surface area contributed by atoms with Gasteiger partial charge in [0.05, 0.1) is 21.1 Å². The van der Waals surface area contributed by atoms with E-state index in [-0.39, 0.29) is 24.0 Å². The fourth-order valence-electron chi connectivity index (χ4n) is 1.98. The molecule has 0 aliphatic rings. The number of halogens is 1. The molecule has 0 atom stereocenters. The lowest BCUT2D eigenvalue weighted by molar-refractivity contribution is -0.877. The fraction of sp³-hybridized carbons (Fsp3) is 0.235. The van der Waals surface area contributed by atoms with Crippen molar-refractivity contribution < 1.29 is 28.6 Å². The molecule has 3 heteroatoms. The Labute approximate surface area is 138 Å². The van der Waals surface area contributed by atoms with E-state index >= 15 is 0 Å². The molecular formula is C17H21IN2. The highest BCUT2D eigenvalue weighted by Crippen LogP contribution is 2.10. The summed E-state index contributed by atoms with van der Waals surface area (Å²) in [7, 11) is 6.23. The molecule has 106 valence electrons. The van der Waals surface area contributed by atoms with Crippen molar-refractivity contribution in [2.75, 3.05) is 21.1 Å². The van der Waals surface area contributed by atoms with Gasteiger partial charge in [-0.3, -0.25) is 0 Å². The number of rotatable bonds is 4. The van der Waals surface area contributed by atoms with Crippen LogP contribution in [-0.2, 0) is 6.42 Å². The lowest BCUT2D eigenvalue weighted by Gasteiger charge is -2.18. The van der Waals surface area contributed by atoms with Gasteiger partial charge in [0.2, 0.25) is 0 Å². The van der Waals surface area contributed by atoms with Crippen LogP contribution in [0.3, 0.4) is 0 Å². The van der Waals surface area contributed by atoms with Gasteiger partial charge in [-0.15, -0.1) is 0 Å². The number of nitrogens with zero attached hydrogens (tertiary/aromatic N) is 2. The summed E-state index contributed by atoms with van der Waals surface area (Å²) in [6.07, 6.45) is 0.861. The van der Waals surface area contributed by atoms with Crippen LogP contribution in [0.2, 0.25) is 0 Å². The first-order valence-electron chi connectivity index (χ1n) is 6.54. The van der Waals surface area contributed by atoms with E-state index in [4.69, 9.17) is 5.10 Å². The second-order valence-corrected chi connectivity index (χ2v) is 5.52. The first-order chi connectivity index (χ1) is 9.04. The van der Waals surface area contributed by atoms with Crippen LogP contribution in [0.5, 0.6) is 0 Å². The van der Waals surface area contributed by atoms with Gasteiger partial charge < -0.3 is 24.0 Å². The average Bonchev–Trinajstić information content (AvgIpc) is 2.39. The Bertz CT molecular complexity index is 542. The lowest BCUT2D eigenvalue weighted by Crippen LogP contribution is -3.00. The Morgan fingerprint density at radius 1 is 0.850 bits per heavy atom. The molecule has 0 unspecified atom stereocenters. The van der Waals surface area contributed by atoms with Crippen molar-refractivity contribution in [2.24, 2.45) is 5.10 Å². The van der Waals surface area contributed by atoms with Crippen molar-refractivity contribution in [3.63, 3.8) is 0 Å². The molecule has 0 fully saturated rings. The molecule has 2 rings (SSSR count). The minimum absolute atomic E-state index is 0. The van der Waals surface area contributed by atoms with Crippen LogP contribution >= 0.6 is 0 Å². The zero-order chi connectivity index (χ0) is 13.7. The zero-order valence-electron chi connectivity index (χ0n) is 12.3. The summed E-state index contributed by atoms with van der Waals surface area (Å²) < 4.78 is 0.580. The summed E-state index contributed by atoms with van der Waals surface area (Å²) in [6.45, 7) is 0. The highest BCUT2D eigenvalue weighted by Gasteiger charge is 2.12. The second-order valence-electron chi connectivity index (χ2n) is 5.52. The number of benzene rings is 2. The molecular weight excluding hydrogens is 359 g/mol. The molecule has 0 aliphatic heterocycles. The van der Waals surface area contributed by atoms with Gasteiger partial charge in [0.15, 0.2) is 0 Å². The minimum Gasteiger partial charge on any atom is -1.00 e. The Kier molecular flexibility index (Phi) is 6.36. The largest absolute Gasteiger partial charge is 1.00 e. The highest BCUT2D eigenvalue weighted by molar-refractivity contribution is 6.01. The molecule has 0 saturated carbocycles. The van der Waals surface area contributed by atoms with Crippen molar-refractivity contribution in [1.29, 1.82) is 0 Å². The molecule has 2 aromatic carbocycles. The summed E-state index contributed by atoms with van der Waals surface area (Å²) in [6, 6.07) is 20.9. The van der Waals surface area contributed by atoms with Crippen molar-refractivity contribution in [1.82, 2.24) is 0 Å². The van der Waals surface area contributed by atoms with Gasteiger partial charge in [-0.2, -0.15) is 0 Å². The molecule has 0 saturated heterocycles. The maximum absolute atomic E-state index is 4.83. The van der Waals surface area contributed by atoms with Crippen LogP contribution in [0.4, 0.5) is 0 Å². The number of quaternary nitrogens is 1. The molecule has 0 aromatic heterocycles. The number of hydrogen-bond acceptors (Lipinski definition) is 1.